The molecule has 0 aliphatic carbocycles. The van der Waals surface area contributed by atoms with Crippen molar-refractivity contribution in [2.75, 3.05) is 0 Å². The second-order valence-corrected chi connectivity index (χ2v) is 8.51. The Labute approximate surface area is 184 Å². The van der Waals surface area contributed by atoms with Crippen LogP contribution in [0.1, 0.15) is 51.5 Å². The van der Waals surface area contributed by atoms with Crippen LogP contribution >= 0.6 is 11.3 Å². The first kappa shape index (κ1) is 22.0. The predicted molar refractivity (Wildman–Crippen MR) is 128 cm³/mol. The van der Waals surface area contributed by atoms with E-state index in [0.717, 1.165) is 29.7 Å². The number of unbranched alkanes of at least 4 members (excludes halogenated alkanes) is 3. The molecule has 3 aromatic rings. The highest BCUT2D eigenvalue weighted by Gasteiger charge is 2.07. The zero-order chi connectivity index (χ0) is 21.2. The summed E-state index contributed by atoms with van der Waals surface area (Å²) in [7, 11) is 0. The number of rotatable bonds is 10. The van der Waals surface area contributed by atoms with Crippen molar-refractivity contribution in [2.24, 2.45) is 0 Å². The van der Waals surface area contributed by atoms with Crippen LogP contribution in [0.3, 0.4) is 0 Å². The van der Waals surface area contributed by atoms with Crippen LogP contribution in [0.15, 0.2) is 72.8 Å². The number of hydrogen-bond donors (Lipinski definition) is 0. The molecular weight excluding hydrogens is 388 g/mol. The number of benzene rings is 2. The summed E-state index contributed by atoms with van der Waals surface area (Å²) >= 11 is 1.49. The highest BCUT2D eigenvalue weighted by Crippen LogP contribution is 2.34. The molecule has 0 unspecified atom stereocenters. The minimum atomic E-state index is -0.315. The molecule has 2 aromatic carbocycles. The van der Waals surface area contributed by atoms with Crippen molar-refractivity contribution in [3.05, 3.63) is 78.4 Å². The van der Waals surface area contributed by atoms with E-state index < -0.39 is 0 Å². The molecule has 3 heteroatoms. The van der Waals surface area contributed by atoms with Gasteiger partial charge in [-0.3, -0.25) is 0 Å². The Bertz CT molecular complexity index is 949. The molecule has 1 heterocycles. The van der Waals surface area contributed by atoms with Gasteiger partial charge < -0.3 is 4.74 Å². The van der Waals surface area contributed by atoms with Gasteiger partial charge in [0.25, 0.3) is 0 Å². The summed E-state index contributed by atoms with van der Waals surface area (Å²) in [6.45, 7) is 4.32. The van der Waals surface area contributed by atoms with E-state index in [-0.39, 0.29) is 5.97 Å². The molecule has 156 valence electrons. The Morgan fingerprint density at radius 1 is 0.833 bits per heavy atom. The first-order chi connectivity index (χ1) is 14.7. The first-order valence-corrected chi connectivity index (χ1v) is 11.7. The summed E-state index contributed by atoms with van der Waals surface area (Å²) in [5.74, 6) is -0.315. The quantitative estimate of drug-likeness (QED) is 0.189. The standard InChI is InChI=1S/C27H30O2S/c1-3-5-7-9-21-11-13-22(14-12-21)23-15-17-24(18-16-23)25-19-20-27(30-25)29-26(28)10-8-6-4-2/h8,10-20H,3-7,9H2,1-2H3. The van der Waals surface area contributed by atoms with Gasteiger partial charge in [-0.1, -0.05) is 99.1 Å². The summed E-state index contributed by atoms with van der Waals surface area (Å²) in [5, 5.41) is 0.624. The van der Waals surface area contributed by atoms with Gasteiger partial charge in [0, 0.05) is 11.0 Å². The lowest BCUT2D eigenvalue weighted by Crippen LogP contribution is -2.01. The largest absolute Gasteiger partial charge is 0.412 e. The van der Waals surface area contributed by atoms with Crippen LogP contribution in [0, 0.1) is 0 Å². The van der Waals surface area contributed by atoms with E-state index >= 15 is 0 Å². The molecule has 0 aliphatic heterocycles. The van der Waals surface area contributed by atoms with Crippen LogP contribution in [0.25, 0.3) is 21.6 Å². The maximum Gasteiger partial charge on any atom is 0.336 e. The lowest BCUT2D eigenvalue weighted by atomic mass is 10.0. The van der Waals surface area contributed by atoms with Crippen LogP contribution in [-0.2, 0) is 11.2 Å². The molecule has 0 atom stereocenters. The van der Waals surface area contributed by atoms with Crippen LogP contribution in [-0.4, -0.2) is 5.97 Å². The van der Waals surface area contributed by atoms with Crippen LogP contribution in [0.2, 0.25) is 0 Å². The monoisotopic (exact) mass is 418 g/mol. The third-order valence-electron chi connectivity index (χ3n) is 5.02. The number of thiophene rings is 1. The normalized spacial score (nSPS) is 11.1. The Kier molecular flexibility index (Phi) is 8.46. The summed E-state index contributed by atoms with van der Waals surface area (Å²) < 4.78 is 5.40. The average molecular weight is 419 g/mol. The molecule has 0 spiro atoms. The Morgan fingerprint density at radius 3 is 2.17 bits per heavy atom. The van der Waals surface area contributed by atoms with Crippen LogP contribution in [0.5, 0.6) is 5.06 Å². The zero-order valence-corrected chi connectivity index (χ0v) is 18.7. The zero-order valence-electron chi connectivity index (χ0n) is 17.9. The lowest BCUT2D eigenvalue weighted by molar-refractivity contribution is -0.128. The van der Waals surface area contributed by atoms with E-state index in [0.29, 0.717) is 5.06 Å². The predicted octanol–water partition coefficient (Wildman–Crippen LogP) is 8.08. The van der Waals surface area contributed by atoms with Crippen molar-refractivity contribution < 1.29 is 9.53 Å². The van der Waals surface area contributed by atoms with Crippen molar-refractivity contribution in [1.82, 2.24) is 0 Å². The number of carbonyl (C=O) groups is 1. The fourth-order valence-electron chi connectivity index (χ4n) is 3.28. The minimum Gasteiger partial charge on any atom is -0.412 e. The molecule has 3 rings (SSSR count). The van der Waals surface area contributed by atoms with Gasteiger partial charge in [-0.2, -0.15) is 0 Å². The van der Waals surface area contributed by atoms with Gasteiger partial charge in [0.15, 0.2) is 5.06 Å². The third-order valence-corrected chi connectivity index (χ3v) is 6.03. The molecule has 30 heavy (non-hydrogen) atoms. The van der Waals surface area contributed by atoms with E-state index in [1.165, 1.54) is 53.4 Å². The maximum absolute atomic E-state index is 11.8. The summed E-state index contributed by atoms with van der Waals surface area (Å²) in [6.07, 6.45) is 10.2. The molecule has 0 fully saturated rings. The first-order valence-electron chi connectivity index (χ1n) is 10.9. The fourth-order valence-corrected chi connectivity index (χ4v) is 4.15. The third kappa shape index (κ3) is 6.43. The van der Waals surface area contributed by atoms with Crippen molar-refractivity contribution in [3.8, 4) is 26.6 Å². The number of ether oxygens (including phenoxy) is 1. The van der Waals surface area contributed by atoms with Crippen molar-refractivity contribution in [3.63, 3.8) is 0 Å². The highest BCUT2D eigenvalue weighted by atomic mass is 32.1. The average Bonchev–Trinajstić information content (AvgIpc) is 3.23. The second kappa shape index (κ2) is 11.5. The molecule has 2 nitrogen and oxygen atoms in total. The van der Waals surface area contributed by atoms with E-state index in [1.54, 1.807) is 0 Å². The Morgan fingerprint density at radius 2 is 1.50 bits per heavy atom. The molecule has 0 amide bonds. The van der Waals surface area contributed by atoms with Gasteiger partial charge in [-0.05, 0) is 53.6 Å². The van der Waals surface area contributed by atoms with Crippen LogP contribution < -0.4 is 4.74 Å². The summed E-state index contributed by atoms with van der Waals surface area (Å²) in [6, 6.07) is 21.3. The van der Waals surface area contributed by atoms with E-state index in [9.17, 15) is 4.79 Å². The SMILES string of the molecule is CCCC=CC(=O)Oc1ccc(-c2ccc(-c3ccc(CCCCC)cc3)cc2)s1. The summed E-state index contributed by atoms with van der Waals surface area (Å²) in [4.78, 5) is 12.9. The van der Waals surface area contributed by atoms with Gasteiger partial charge in [0.05, 0.1) is 0 Å². The minimum absolute atomic E-state index is 0.315. The van der Waals surface area contributed by atoms with E-state index in [4.69, 9.17) is 4.74 Å². The maximum atomic E-state index is 11.8. The van der Waals surface area contributed by atoms with Gasteiger partial charge in [0.1, 0.15) is 0 Å². The topological polar surface area (TPSA) is 26.3 Å². The second-order valence-electron chi connectivity index (χ2n) is 7.46. The molecule has 1 aromatic heterocycles. The highest BCUT2D eigenvalue weighted by molar-refractivity contribution is 7.17. The number of esters is 1. The van der Waals surface area contributed by atoms with Gasteiger partial charge in [-0.15, -0.1) is 0 Å². The smallest absolute Gasteiger partial charge is 0.336 e. The van der Waals surface area contributed by atoms with Crippen molar-refractivity contribution in [2.45, 2.75) is 52.4 Å². The summed E-state index contributed by atoms with van der Waals surface area (Å²) in [5.41, 5.74) is 4.99. The number of aryl methyl sites for hydroxylation is 1. The Balaban J connectivity index is 1.62. The molecule has 0 saturated heterocycles. The van der Waals surface area contributed by atoms with Gasteiger partial charge in [0.2, 0.25) is 0 Å². The molecule has 0 N–H and O–H groups in total. The Hall–Kier alpha value is -2.65. The fraction of sp³-hybridized carbons (Fsp3) is 0.296. The van der Waals surface area contributed by atoms with Crippen molar-refractivity contribution in [1.29, 1.82) is 0 Å². The molecule has 0 bridgehead atoms. The van der Waals surface area contributed by atoms with E-state index in [1.807, 2.05) is 18.2 Å². The number of allylic oxidation sites excluding steroid dienone is 1. The molecule has 0 radical (unpaired) electrons. The van der Waals surface area contributed by atoms with Crippen LogP contribution in [0.4, 0.5) is 0 Å². The molecular formula is C27H30O2S. The molecule has 0 aliphatic rings. The van der Waals surface area contributed by atoms with E-state index in [2.05, 4.69) is 62.4 Å². The van der Waals surface area contributed by atoms with Crippen molar-refractivity contribution >= 4 is 17.3 Å². The molecule has 0 saturated carbocycles. The lowest BCUT2D eigenvalue weighted by Gasteiger charge is -2.06. The van der Waals surface area contributed by atoms with Gasteiger partial charge in [-0.25, -0.2) is 4.79 Å². The number of hydrogen-bond acceptors (Lipinski definition) is 3. The van der Waals surface area contributed by atoms with Gasteiger partial charge >= 0.3 is 5.97 Å². The number of carbonyl (C=O) groups excluding carboxylic acids is 1.